The first-order valence-electron chi connectivity index (χ1n) is 6.32. The summed E-state index contributed by atoms with van der Waals surface area (Å²) >= 11 is 0. The smallest absolute Gasteiger partial charge is 0.228 e. The van der Waals surface area contributed by atoms with Gasteiger partial charge in [0.05, 0.1) is 24.2 Å². The molecule has 5 N–H and O–H groups in total. The van der Waals surface area contributed by atoms with Crippen molar-refractivity contribution in [2.75, 3.05) is 19.8 Å². The van der Waals surface area contributed by atoms with Crippen molar-refractivity contribution in [2.45, 2.75) is 44.6 Å². The lowest BCUT2D eigenvalue weighted by molar-refractivity contribution is -0.133. The van der Waals surface area contributed by atoms with E-state index in [2.05, 4.69) is 5.32 Å². The van der Waals surface area contributed by atoms with E-state index in [-0.39, 0.29) is 19.1 Å². The Labute approximate surface area is 102 Å². The van der Waals surface area contributed by atoms with Crippen molar-refractivity contribution in [1.29, 1.82) is 0 Å². The molecule has 0 radical (unpaired) electrons. The Morgan fingerprint density at radius 1 is 1.35 bits per heavy atom. The highest BCUT2D eigenvalue weighted by Gasteiger charge is 2.42. The Morgan fingerprint density at radius 2 is 1.88 bits per heavy atom. The molecule has 5 nitrogen and oxygen atoms in total. The first-order chi connectivity index (χ1) is 8.08. The summed E-state index contributed by atoms with van der Waals surface area (Å²) in [6.45, 7) is 1.64. The van der Waals surface area contributed by atoms with Crippen LogP contribution in [0.15, 0.2) is 0 Å². The summed E-state index contributed by atoms with van der Waals surface area (Å²) in [6.07, 6.45) is 4.12. The van der Waals surface area contributed by atoms with E-state index in [1.807, 2.05) is 6.92 Å². The molecule has 0 aromatic carbocycles. The summed E-state index contributed by atoms with van der Waals surface area (Å²) in [6, 6.07) is 0. The maximum Gasteiger partial charge on any atom is 0.228 e. The zero-order chi connectivity index (χ0) is 12.9. The third kappa shape index (κ3) is 2.78. The van der Waals surface area contributed by atoms with Crippen molar-refractivity contribution in [3.05, 3.63) is 0 Å². The van der Waals surface area contributed by atoms with Crippen LogP contribution in [-0.2, 0) is 4.79 Å². The molecule has 1 aliphatic carbocycles. The van der Waals surface area contributed by atoms with Gasteiger partial charge < -0.3 is 21.3 Å². The molecule has 1 rings (SSSR count). The molecule has 0 spiro atoms. The van der Waals surface area contributed by atoms with Crippen LogP contribution in [0, 0.1) is 5.41 Å². The molecule has 17 heavy (non-hydrogen) atoms. The van der Waals surface area contributed by atoms with Gasteiger partial charge in [0.15, 0.2) is 0 Å². The monoisotopic (exact) mass is 244 g/mol. The molecule has 0 aromatic heterocycles. The van der Waals surface area contributed by atoms with E-state index in [1.54, 1.807) is 0 Å². The lowest BCUT2D eigenvalue weighted by Gasteiger charge is -2.35. The molecule has 1 fully saturated rings. The van der Waals surface area contributed by atoms with Crippen molar-refractivity contribution in [3.8, 4) is 0 Å². The normalized spacial score (nSPS) is 19.3. The average Bonchev–Trinajstić information content (AvgIpc) is 2.86. The number of hydrogen-bond donors (Lipinski definition) is 4. The molecule has 1 amide bonds. The van der Waals surface area contributed by atoms with E-state index in [0.717, 1.165) is 25.7 Å². The van der Waals surface area contributed by atoms with Crippen LogP contribution in [-0.4, -0.2) is 41.4 Å². The number of rotatable bonds is 6. The van der Waals surface area contributed by atoms with Crippen LogP contribution in [0.2, 0.25) is 0 Å². The fraction of sp³-hybridized carbons (Fsp3) is 0.917. The number of nitrogens with one attached hydrogen (secondary N) is 1. The average molecular weight is 244 g/mol. The lowest BCUT2D eigenvalue weighted by atomic mass is 9.83. The number of carbonyl (C=O) groups is 1. The van der Waals surface area contributed by atoms with E-state index >= 15 is 0 Å². The second kappa shape index (κ2) is 5.80. The topological polar surface area (TPSA) is 95.6 Å². The number of aliphatic hydroxyl groups excluding tert-OH is 2. The van der Waals surface area contributed by atoms with E-state index in [0.29, 0.717) is 13.0 Å². The maximum atomic E-state index is 12.3. The number of hydrogen-bond acceptors (Lipinski definition) is 4. The molecule has 0 saturated heterocycles. The van der Waals surface area contributed by atoms with E-state index in [4.69, 9.17) is 5.73 Å². The predicted molar refractivity (Wildman–Crippen MR) is 65.3 cm³/mol. The van der Waals surface area contributed by atoms with Crippen LogP contribution in [0.25, 0.3) is 0 Å². The lowest BCUT2D eigenvalue weighted by Crippen LogP contribution is -2.58. The zero-order valence-electron chi connectivity index (χ0n) is 10.5. The van der Waals surface area contributed by atoms with Gasteiger partial charge in [-0.15, -0.1) is 0 Å². The maximum absolute atomic E-state index is 12.3. The molecule has 0 bridgehead atoms. The summed E-state index contributed by atoms with van der Waals surface area (Å²) in [5.74, 6) is -0.123. The highest BCUT2D eigenvalue weighted by molar-refractivity contribution is 5.84. The number of carbonyl (C=O) groups excluding carboxylic acids is 1. The fourth-order valence-corrected chi connectivity index (χ4v) is 2.39. The third-order valence-corrected chi connectivity index (χ3v) is 4.09. The molecule has 100 valence electrons. The first-order valence-corrected chi connectivity index (χ1v) is 6.32. The van der Waals surface area contributed by atoms with Crippen molar-refractivity contribution >= 4 is 5.91 Å². The van der Waals surface area contributed by atoms with Gasteiger partial charge in [0.1, 0.15) is 0 Å². The van der Waals surface area contributed by atoms with Gasteiger partial charge in [-0.25, -0.2) is 0 Å². The molecule has 1 saturated carbocycles. The second-order valence-corrected chi connectivity index (χ2v) is 5.10. The zero-order valence-corrected chi connectivity index (χ0v) is 10.5. The summed E-state index contributed by atoms with van der Waals surface area (Å²) in [4.78, 5) is 12.3. The molecule has 0 unspecified atom stereocenters. The van der Waals surface area contributed by atoms with Crippen LogP contribution in [0.1, 0.15) is 39.0 Å². The molecule has 5 heteroatoms. The van der Waals surface area contributed by atoms with Crippen molar-refractivity contribution in [1.82, 2.24) is 5.32 Å². The molecule has 0 aliphatic heterocycles. The van der Waals surface area contributed by atoms with Gasteiger partial charge in [-0.3, -0.25) is 4.79 Å². The molecule has 0 aromatic rings. The van der Waals surface area contributed by atoms with Crippen molar-refractivity contribution < 1.29 is 15.0 Å². The van der Waals surface area contributed by atoms with Gasteiger partial charge in [-0.1, -0.05) is 19.8 Å². The quantitative estimate of drug-likeness (QED) is 0.518. The Balaban J connectivity index is 2.75. The first kappa shape index (κ1) is 14.4. The molecule has 0 heterocycles. The summed E-state index contributed by atoms with van der Waals surface area (Å²) in [7, 11) is 0. The highest BCUT2D eigenvalue weighted by atomic mass is 16.3. The fourth-order valence-electron chi connectivity index (χ4n) is 2.39. The largest absolute Gasteiger partial charge is 0.394 e. The Kier molecular flexibility index (Phi) is 4.91. The Hall–Kier alpha value is -0.650. The Bertz CT molecular complexity index is 250. The van der Waals surface area contributed by atoms with E-state index in [1.165, 1.54) is 0 Å². The minimum Gasteiger partial charge on any atom is -0.394 e. The van der Waals surface area contributed by atoms with Crippen LogP contribution < -0.4 is 11.1 Å². The van der Waals surface area contributed by atoms with Gasteiger partial charge in [0.25, 0.3) is 0 Å². The molecular formula is C12H24N2O3. The molecule has 1 aliphatic rings. The second-order valence-electron chi connectivity index (χ2n) is 5.10. The standard InChI is InChI=1S/C12H24N2O3/c1-2-12(8-15,9-16)14-10(17)11(7-13)5-3-4-6-11/h15-16H,2-9,13H2,1H3,(H,14,17). The third-order valence-electron chi connectivity index (χ3n) is 4.09. The SMILES string of the molecule is CCC(CO)(CO)NC(=O)C1(CN)CCCC1. The van der Waals surface area contributed by atoms with Gasteiger partial charge >= 0.3 is 0 Å². The number of amides is 1. The minimum atomic E-state index is -0.915. The summed E-state index contributed by atoms with van der Waals surface area (Å²) in [5.41, 5.74) is 4.32. The molecular weight excluding hydrogens is 220 g/mol. The molecule has 0 atom stereocenters. The van der Waals surface area contributed by atoms with Crippen LogP contribution in [0.3, 0.4) is 0 Å². The summed E-state index contributed by atoms with van der Waals surface area (Å²) in [5, 5.41) is 21.4. The number of aliphatic hydroxyl groups is 2. The number of nitrogens with two attached hydrogens (primary N) is 1. The van der Waals surface area contributed by atoms with E-state index < -0.39 is 11.0 Å². The van der Waals surface area contributed by atoms with Gasteiger partial charge in [0, 0.05) is 6.54 Å². The predicted octanol–water partition coefficient (Wildman–Crippen LogP) is -0.245. The van der Waals surface area contributed by atoms with Crippen LogP contribution >= 0.6 is 0 Å². The highest BCUT2D eigenvalue weighted by Crippen LogP contribution is 2.37. The minimum absolute atomic E-state index is 0.123. The van der Waals surface area contributed by atoms with Crippen LogP contribution in [0.4, 0.5) is 0 Å². The van der Waals surface area contributed by atoms with Crippen molar-refractivity contribution in [3.63, 3.8) is 0 Å². The van der Waals surface area contributed by atoms with Gasteiger partial charge in [0.2, 0.25) is 5.91 Å². The van der Waals surface area contributed by atoms with E-state index in [9.17, 15) is 15.0 Å². The van der Waals surface area contributed by atoms with Gasteiger partial charge in [-0.2, -0.15) is 0 Å². The van der Waals surface area contributed by atoms with Gasteiger partial charge in [-0.05, 0) is 19.3 Å². The van der Waals surface area contributed by atoms with Crippen molar-refractivity contribution in [2.24, 2.45) is 11.1 Å². The summed E-state index contributed by atoms with van der Waals surface area (Å²) < 4.78 is 0. The Morgan fingerprint density at radius 3 is 2.24 bits per heavy atom. The van der Waals surface area contributed by atoms with Crippen LogP contribution in [0.5, 0.6) is 0 Å².